The van der Waals surface area contributed by atoms with Crippen LogP contribution in [0.5, 0.6) is 0 Å². The fraction of sp³-hybridized carbons (Fsp3) is 0.474. The number of carbonyl (C=O) groups is 2. The predicted octanol–water partition coefficient (Wildman–Crippen LogP) is 1.94. The first-order chi connectivity index (χ1) is 13.2. The van der Waals surface area contributed by atoms with Crippen molar-refractivity contribution in [2.24, 2.45) is 5.92 Å². The van der Waals surface area contributed by atoms with E-state index in [1.165, 1.54) is 0 Å². The lowest BCUT2D eigenvalue weighted by Gasteiger charge is -2.31. The summed E-state index contributed by atoms with van der Waals surface area (Å²) in [6.45, 7) is 1.42. The minimum atomic E-state index is -0.0912. The minimum absolute atomic E-state index is 0.00402. The molecule has 1 aromatic heterocycles. The highest BCUT2D eigenvalue weighted by molar-refractivity contribution is 5.79. The first kappa shape index (κ1) is 17.5. The van der Waals surface area contributed by atoms with E-state index in [2.05, 4.69) is 20.8 Å². The summed E-state index contributed by atoms with van der Waals surface area (Å²) in [5.74, 6) is 0.765. The maximum atomic E-state index is 12.4. The summed E-state index contributed by atoms with van der Waals surface area (Å²) in [6.07, 6.45) is 3.49. The summed E-state index contributed by atoms with van der Waals surface area (Å²) in [5.41, 5.74) is 0.871. The third kappa shape index (κ3) is 4.45. The van der Waals surface area contributed by atoms with Gasteiger partial charge in [-0.2, -0.15) is 4.98 Å². The molecule has 0 bridgehead atoms. The highest BCUT2D eigenvalue weighted by atomic mass is 16.5. The summed E-state index contributed by atoms with van der Waals surface area (Å²) in [5, 5.41) is 9.80. The third-order valence-corrected chi connectivity index (χ3v) is 4.97. The molecular weight excluding hydrogens is 346 g/mol. The topological polar surface area (TPSA) is 100 Å². The Hall–Kier alpha value is -2.90. The Morgan fingerprint density at radius 2 is 1.85 bits per heavy atom. The number of hydrogen-bond acceptors (Lipinski definition) is 5. The number of rotatable bonds is 5. The number of benzene rings is 1. The normalized spacial score (nSPS) is 17.6. The van der Waals surface area contributed by atoms with E-state index >= 15 is 0 Å². The van der Waals surface area contributed by atoms with Gasteiger partial charge in [0, 0.05) is 30.6 Å². The largest absolute Gasteiger partial charge is 0.347 e. The molecule has 1 saturated heterocycles. The van der Waals surface area contributed by atoms with Crippen molar-refractivity contribution >= 4 is 11.9 Å². The summed E-state index contributed by atoms with van der Waals surface area (Å²) < 4.78 is 5.21. The average molecular weight is 369 g/mol. The van der Waals surface area contributed by atoms with E-state index in [0.717, 1.165) is 18.4 Å². The van der Waals surface area contributed by atoms with E-state index in [0.29, 0.717) is 43.7 Å². The summed E-state index contributed by atoms with van der Waals surface area (Å²) in [7, 11) is 0. The lowest BCUT2D eigenvalue weighted by Crippen LogP contribution is -2.47. The molecule has 0 spiro atoms. The van der Waals surface area contributed by atoms with Gasteiger partial charge in [-0.3, -0.25) is 4.79 Å². The number of nitrogens with zero attached hydrogens (tertiary/aromatic N) is 3. The van der Waals surface area contributed by atoms with Crippen molar-refractivity contribution in [3.05, 3.63) is 36.2 Å². The summed E-state index contributed by atoms with van der Waals surface area (Å²) in [6, 6.07) is 9.89. The quantitative estimate of drug-likeness (QED) is 0.839. The predicted molar refractivity (Wildman–Crippen MR) is 97.4 cm³/mol. The van der Waals surface area contributed by atoms with Crippen molar-refractivity contribution in [2.45, 2.75) is 38.3 Å². The van der Waals surface area contributed by atoms with Crippen LogP contribution in [0, 0.1) is 5.92 Å². The number of hydrogen-bond donors (Lipinski definition) is 2. The molecule has 8 nitrogen and oxygen atoms in total. The number of urea groups is 1. The maximum Gasteiger partial charge on any atom is 0.317 e. The highest BCUT2D eigenvalue weighted by Crippen LogP contribution is 2.21. The first-order valence-corrected chi connectivity index (χ1v) is 9.40. The Morgan fingerprint density at radius 3 is 2.56 bits per heavy atom. The zero-order valence-corrected chi connectivity index (χ0v) is 15.1. The molecule has 2 N–H and O–H groups in total. The summed E-state index contributed by atoms with van der Waals surface area (Å²) >= 11 is 0. The Kier molecular flexibility index (Phi) is 5.04. The van der Waals surface area contributed by atoms with Crippen molar-refractivity contribution in [3.63, 3.8) is 0 Å². The molecule has 142 valence electrons. The SMILES string of the molecule is O=C(NCc1nc(-c2ccccc2)no1)C1CCN(C(=O)NC2CC2)CC1. The van der Waals surface area contributed by atoms with Gasteiger partial charge in [-0.15, -0.1) is 0 Å². The summed E-state index contributed by atoms with van der Waals surface area (Å²) in [4.78, 5) is 30.5. The fourth-order valence-corrected chi connectivity index (χ4v) is 3.18. The van der Waals surface area contributed by atoms with Crippen LogP contribution in [0.25, 0.3) is 11.4 Å². The fourth-order valence-electron chi connectivity index (χ4n) is 3.18. The Morgan fingerprint density at radius 1 is 1.11 bits per heavy atom. The molecule has 0 atom stereocenters. The molecule has 2 aromatic rings. The first-order valence-electron chi connectivity index (χ1n) is 9.40. The number of likely N-dealkylation sites (tertiary alicyclic amines) is 1. The number of carbonyl (C=O) groups excluding carboxylic acids is 2. The van der Waals surface area contributed by atoms with Crippen LogP contribution < -0.4 is 10.6 Å². The molecule has 2 aliphatic rings. The standard InChI is InChI=1S/C19H23N5O3/c25-18(14-8-10-24(11-9-14)19(26)21-15-6-7-15)20-12-16-22-17(23-27-16)13-4-2-1-3-5-13/h1-5,14-15H,6-12H2,(H,20,25)(H,21,26). The van der Waals surface area contributed by atoms with E-state index < -0.39 is 0 Å². The van der Waals surface area contributed by atoms with Gasteiger partial charge in [0.2, 0.25) is 17.6 Å². The molecule has 1 aliphatic heterocycles. The highest BCUT2D eigenvalue weighted by Gasteiger charge is 2.30. The zero-order valence-electron chi connectivity index (χ0n) is 15.1. The van der Waals surface area contributed by atoms with Gasteiger partial charge in [-0.1, -0.05) is 35.5 Å². The van der Waals surface area contributed by atoms with Crippen molar-refractivity contribution in [3.8, 4) is 11.4 Å². The molecule has 1 aliphatic carbocycles. The second kappa shape index (κ2) is 7.77. The van der Waals surface area contributed by atoms with Crippen LogP contribution in [0.3, 0.4) is 0 Å². The molecule has 8 heteroatoms. The van der Waals surface area contributed by atoms with Gasteiger partial charge < -0.3 is 20.1 Å². The number of aromatic nitrogens is 2. The van der Waals surface area contributed by atoms with Crippen LogP contribution in [0.1, 0.15) is 31.6 Å². The van der Waals surface area contributed by atoms with Crippen LogP contribution in [0.4, 0.5) is 4.79 Å². The van der Waals surface area contributed by atoms with Crippen LogP contribution in [0.15, 0.2) is 34.9 Å². The average Bonchev–Trinajstić information content (AvgIpc) is 3.40. The van der Waals surface area contributed by atoms with E-state index in [1.807, 2.05) is 30.3 Å². The molecule has 2 heterocycles. The van der Waals surface area contributed by atoms with Crippen LogP contribution in [-0.4, -0.2) is 46.1 Å². The molecule has 4 rings (SSSR count). The number of nitrogens with one attached hydrogen (secondary N) is 2. The van der Waals surface area contributed by atoms with Crippen molar-refractivity contribution in [2.75, 3.05) is 13.1 Å². The maximum absolute atomic E-state index is 12.4. The second-order valence-electron chi connectivity index (χ2n) is 7.08. The number of amides is 3. The van der Waals surface area contributed by atoms with Crippen molar-refractivity contribution in [1.82, 2.24) is 25.7 Å². The van der Waals surface area contributed by atoms with Gasteiger partial charge in [0.1, 0.15) is 0 Å². The van der Waals surface area contributed by atoms with Gasteiger partial charge in [-0.25, -0.2) is 4.79 Å². The minimum Gasteiger partial charge on any atom is -0.347 e. The van der Waals surface area contributed by atoms with Crippen LogP contribution >= 0.6 is 0 Å². The van der Waals surface area contributed by atoms with Crippen LogP contribution in [-0.2, 0) is 11.3 Å². The molecule has 0 unspecified atom stereocenters. The Balaban J connectivity index is 1.23. The van der Waals surface area contributed by atoms with Gasteiger partial charge in [0.05, 0.1) is 6.54 Å². The lowest BCUT2D eigenvalue weighted by molar-refractivity contribution is -0.126. The molecule has 0 radical (unpaired) electrons. The molecular formula is C19H23N5O3. The monoisotopic (exact) mass is 369 g/mol. The Labute approximate surface area is 157 Å². The third-order valence-electron chi connectivity index (χ3n) is 4.97. The van der Waals surface area contributed by atoms with Gasteiger partial charge >= 0.3 is 6.03 Å². The molecule has 1 aromatic carbocycles. The molecule has 27 heavy (non-hydrogen) atoms. The Bertz CT molecular complexity index is 795. The molecule has 2 fully saturated rings. The van der Waals surface area contributed by atoms with Gasteiger partial charge in [-0.05, 0) is 25.7 Å². The van der Waals surface area contributed by atoms with E-state index in [1.54, 1.807) is 4.90 Å². The van der Waals surface area contributed by atoms with E-state index in [9.17, 15) is 9.59 Å². The van der Waals surface area contributed by atoms with Crippen LogP contribution in [0.2, 0.25) is 0 Å². The van der Waals surface area contributed by atoms with Crippen molar-refractivity contribution in [1.29, 1.82) is 0 Å². The molecule has 3 amide bonds. The number of piperidine rings is 1. The van der Waals surface area contributed by atoms with Gasteiger partial charge in [0.15, 0.2) is 0 Å². The van der Waals surface area contributed by atoms with E-state index in [4.69, 9.17) is 4.52 Å². The van der Waals surface area contributed by atoms with E-state index in [-0.39, 0.29) is 24.4 Å². The zero-order chi connectivity index (χ0) is 18.6. The van der Waals surface area contributed by atoms with Gasteiger partial charge in [0.25, 0.3) is 0 Å². The van der Waals surface area contributed by atoms with Crippen molar-refractivity contribution < 1.29 is 14.1 Å². The smallest absolute Gasteiger partial charge is 0.317 e. The lowest BCUT2D eigenvalue weighted by atomic mass is 9.96. The molecule has 1 saturated carbocycles. The second-order valence-corrected chi connectivity index (χ2v) is 7.08.